The van der Waals surface area contributed by atoms with Gasteiger partial charge in [0.05, 0.1) is 13.2 Å². The van der Waals surface area contributed by atoms with Crippen LogP contribution < -0.4 is 10.5 Å². The first-order chi connectivity index (χ1) is 9.74. The first-order valence-electron chi connectivity index (χ1n) is 7.47. The summed E-state index contributed by atoms with van der Waals surface area (Å²) in [5.41, 5.74) is 7.43. The Labute approximate surface area is 121 Å². The second-order valence-corrected chi connectivity index (χ2v) is 5.30. The first kappa shape index (κ1) is 15.3. The summed E-state index contributed by atoms with van der Waals surface area (Å²) < 4.78 is 11.1. The van der Waals surface area contributed by atoms with Crippen molar-refractivity contribution in [2.75, 3.05) is 33.4 Å². The van der Waals surface area contributed by atoms with Gasteiger partial charge in [0, 0.05) is 37.8 Å². The van der Waals surface area contributed by atoms with Crippen molar-refractivity contribution in [3.8, 4) is 5.75 Å². The van der Waals surface area contributed by atoms with Gasteiger partial charge in [-0.25, -0.2) is 0 Å². The Balaban J connectivity index is 1.87. The van der Waals surface area contributed by atoms with Crippen molar-refractivity contribution in [1.82, 2.24) is 4.90 Å². The fourth-order valence-corrected chi connectivity index (χ4v) is 2.84. The Bertz CT molecular complexity index is 403. The quantitative estimate of drug-likeness (QED) is 0.866. The Morgan fingerprint density at radius 2 is 2.00 bits per heavy atom. The maximum Gasteiger partial charge on any atom is 0.123 e. The highest BCUT2D eigenvalue weighted by Crippen LogP contribution is 2.25. The molecule has 0 aromatic heterocycles. The van der Waals surface area contributed by atoms with E-state index in [1.54, 1.807) is 7.11 Å². The number of hydrogen-bond donors (Lipinski definition) is 1. The number of methoxy groups -OCH3 is 1. The smallest absolute Gasteiger partial charge is 0.123 e. The first-order valence-corrected chi connectivity index (χ1v) is 7.47. The van der Waals surface area contributed by atoms with Gasteiger partial charge >= 0.3 is 0 Å². The number of nitrogens with zero attached hydrogens (tertiary/aromatic N) is 1. The summed E-state index contributed by atoms with van der Waals surface area (Å²) >= 11 is 0. The summed E-state index contributed by atoms with van der Waals surface area (Å²) in [5.74, 6) is 0.879. The summed E-state index contributed by atoms with van der Waals surface area (Å²) in [7, 11) is 1.69. The molecule has 0 radical (unpaired) electrons. The highest BCUT2D eigenvalue weighted by atomic mass is 16.5. The topological polar surface area (TPSA) is 47.7 Å². The Morgan fingerprint density at radius 3 is 2.65 bits per heavy atom. The molecule has 1 heterocycles. The molecule has 4 nitrogen and oxygen atoms in total. The standard InChI is InChI=1S/C16H26N2O2/c1-3-20-13-8-10-18(11-9-13)12-15(17)14-6-4-5-7-16(14)19-2/h4-7,13,15H,3,8-12,17H2,1-2H3. The Morgan fingerprint density at radius 1 is 1.30 bits per heavy atom. The van der Waals surface area contributed by atoms with Crippen LogP contribution in [0.15, 0.2) is 24.3 Å². The molecule has 2 rings (SSSR count). The van der Waals surface area contributed by atoms with Crippen LogP contribution in [0.25, 0.3) is 0 Å². The van der Waals surface area contributed by atoms with Crippen molar-refractivity contribution in [2.24, 2.45) is 5.73 Å². The number of nitrogens with two attached hydrogens (primary N) is 1. The molecule has 4 heteroatoms. The minimum Gasteiger partial charge on any atom is -0.496 e. The SMILES string of the molecule is CCOC1CCN(CC(N)c2ccccc2OC)CC1. The maximum absolute atomic E-state index is 6.34. The van der Waals surface area contributed by atoms with Crippen LogP contribution >= 0.6 is 0 Å². The van der Waals surface area contributed by atoms with E-state index in [9.17, 15) is 0 Å². The summed E-state index contributed by atoms with van der Waals surface area (Å²) in [6.07, 6.45) is 2.64. The molecule has 112 valence electrons. The van der Waals surface area contributed by atoms with Crippen LogP contribution in [-0.4, -0.2) is 44.4 Å². The fraction of sp³-hybridized carbons (Fsp3) is 0.625. The molecule has 1 unspecified atom stereocenters. The largest absolute Gasteiger partial charge is 0.496 e. The van der Waals surface area contributed by atoms with Crippen LogP contribution in [0.2, 0.25) is 0 Å². The average molecular weight is 278 g/mol. The molecule has 2 N–H and O–H groups in total. The Kier molecular flexibility index (Phi) is 5.83. The molecule has 0 saturated carbocycles. The van der Waals surface area contributed by atoms with E-state index in [1.807, 2.05) is 18.2 Å². The van der Waals surface area contributed by atoms with E-state index in [2.05, 4.69) is 17.9 Å². The van der Waals surface area contributed by atoms with Crippen molar-refractivity contribution in [1.29, 1.82) is 0 Å². The molecule has 0 bridgehead atoms. The van der Waals surface area contributed by atoms with Gasteiger partial charge < -0.3 is 20.1 Å². The van der Waals surface area contributed by atoms with Gasteiger partial charge in [-0.1, -0.05) is 18.2 Å². The number of likely N-dealkylation sites (tertiary alicyclic amines) is 1. The van der Waals surface area contributed by atoms with Gasteiger partial charge in [0.1, 0.15) is 5.75 Å². The second-order valence-electron chi connectivity index (χ2n) is 5.30. The lowest BCUT2D eigenvalue weighted by atomic mass is 10.0. The number of piperidine rings is 1. The molecular formula is C16H26N2O2. The van der Waals surface area contributed by atoms with Gasteiger partial charge in [-0.05, 0) is 25.8 Å². The van der Waals surface area contributed by atoms with E-state index in [-0.39, 0.29) is 6.04 Å². The summed E-state index contributed by atoms with van der Waals surface area (Å²) in [6.45, 7) is 5.87. The predicted molar refractivity (Wildman–Crippen MR) is 81.0 cm³/mol. The maximum atomic E-state index is 6.34. The highest BCUT2D eigenvalue weighted by molar-refractivity contribution is 5.35. The third-order valence-electron chi connectivity index (χ3n) is 3.93. The lowest BCUT2D eigenvalue weighted by Gasteiger charge is -2.33. The third kappa shape index (κ3) is 3.95. The zero-order chi connectivity index (χ0) is 14.4. The van der Waals surface area contributed by atoms with Crippen molar-refractivity contribution in [2.45, 2.75) is 31.9 Å². The van der Waals surface area contributed by atoms with Crippen molar-refractivity contribution in [3.05, 3.63) is 29.8 Å². The van der Waals surface area contributed by atoms with Crippen LogP contribution in [0.4, 0.5) is 0 Å². The highest BCUT2D eigenvalue weighted by Gasteiger charge is 2.22. The van der Waals surface area contributed by atoms with Gasteiger partial charge in [0.25, 0.3) is 0 Å². The molecule has 0 spiro atoms. The number of rotatable bonds is 6. The van der Waals surface area contributed by atoms with Crippen LogP contribution in [0, 0.1) is 0 Å². The van der Waals surface area contributed by atoms with E-state index in [1.165, 1.54) is 0 Å². The van der Waals surface area contributed by atoms with Crippen LogP contribution in [-0.2, 0) is 4.74 Å². The average Bonchev–Trinajstić information content (AvgIpc) is 2.49. The van der Waals surface area contributed by atoms with Crippen LogP contribution in [0.3, 0.4) is 0 Å². The minimum atomic E-state index is -0.00482. The van der Waals surface area contributed by atoms with E-state index in [0.29, 0.717) is 6.10 Å². The van der Waals surface area contributed by atoms with Gasteiger partial charge in [0.2, 0.25) is 0 Å². The van der Waals surface area contributed by atoms with Gasteiger partial charge in [-0.2, -0.15) is 0 Å². The van der Waals surface area contributed by atoms with Crippen molar-refractivity contribution >= 4 is 0 Å². The molecule has 1 saturated heterocycles. The zero-order valence-corrected chi connectivity index (χ0v) is 12.5. The number of ether oxygens (including phenoxy) is 2. The molecule has 1 fully saturated rings. The summed E-state index contributed by atoms with van der Waals surface area (Å²) in [5, 5.41) is 0. The monoisotopic (exact) mass is 278 g/mol. The molecular weight excluding hydrogens is 252 g/mol. The normalized spacial score (nSPS) is 18.9. The van der Waals surface area contributed by atoms with E-state index < -0.39 is 0 Å². The summed E-state index contributed by atoms with van der Waals surface area (Å²) in [4.78, 5) is 2.42. The molecule has 0 aliphatic carbocycles. The predicted octanol–water partition coefficient (Wildman–Crippen LogP) is 2.20. The van der Waals surface area contributed by atoms with Gasteiger partial charge in [0.15, 0.2) is 0 Å². The molecule has 1 aromatic carbocycles. The van der Waals surface area contributed by atoms with E-state index in [4.69, 9.17) is 15.2 Å². The van der Waals surface area contributed by atoms with E-state index in [0.717, 1.165) is 50.4 Å². The van der Waals surface area contributed by atoms with Crippen molar-refractivity contribution < 1.29 is 9.47 Å². The van der Waals surface area contributed by atoms with Gasteiger partial charge in [-0.3, -0.25) is 0 Å². The molecule has 1 atom stereocenters. The number of para-hydroxylation sites is 1. The molecule has 1 aromatic rings. The van der Waals surface area contributed by atoms with Gasteiger partial charge in [-0.15, -0.1) is 0 Å². The molecule has 1 aliphatic rings. The summed E-state index contributed by atoms with van der Waals surface area (Å²) in [6, 6.07) is 8.00. The third-order valence-corrected chi connectivity index (χ3v) is 3.93. The lowest BCUT2D eigenvalue weighted by molar-refractivity contribution is 0.0131. The lowest BCUT2D eigenvalue weighted by Crippen LogP contribution is -2.40. The fourth-order valence-electron chi connectivity index (χ4n) is 2.84. The number of hydrogen-bond acceptors (Lipinski definition) is 4. The molecule has 0 amide bonds. The zero-order valence-electron chi connectivity index (χ0n) is 12.5. The second kappa shape index (κ2) is 7.62. The van der Waals surface area contributed by atoms with Crippen LogP contribution in [0.5, 0.6) is 5.75 Å². The molecule has 1 aliphatic heterocycles. The van der Waals surface area contributed by atoms with Crippen molar-refractivity contribution in [3.63, 3.8) is 0 Å². The molecule has 20 heavy (non-hydrogen) atoms. The number of benzene rings is 1. The van der Waals surface area contributed by atoms with Crippen LogP contribution in [0.1, 0.15) is 31.4 Å². The minimum absolute atomic E-state index is 0.00482. The Hall–Kier alpha value is -1.10. The van der Waals surface area contributed by atoms with E-state index >= 15 is 0 Å².